The summed E-state index contributed by atoms with van der Waals surface area (Å²) in [4.78, 5) is 12.9. The van der Waals surface area contributed by atoms with Gasteiger partial charge in [0, 0.05) is 5.02 Å². The molecule has 0 saturated carbocycles. The summed E-state index contributed by atoms with van der Waals surface area (Å²) in [7, 11) is -4.05. The second kappa shape index (κ2) is 13.6. The minimum absolute atomic E-state index is 0.0457. The first-order chi connectivity index (χ1) is 19.4. The average Bonchev–Trinajstić information content (AvgIpc) is 2.96. The van der Waals surface area contributed by atoms with Crippen LogP contribution in [0.2, 0.25) is 5.02 Å². The molecule has 0 radical (unpaired) electrons. The lowest BCUT2D eigenvalue weighted by molar-refractivity contribution is -0.119. The Bertz CT molecular complexity index is 1570. The number of amides is 1. The molecule has 0 spiro atoms. The fourth-order valence-electron chi connectivity index (χ4n) is 3.74. The number of benzene rings is 4. The first-order valence-electron chi connectivity index (χ1n) is 12.5. The summed E-state index contributed by atoms with van der Waals surface area (Å²) in [6.45, 7) is 2.19. The summed E-state index contributed by atoms with van der Waals surface area (Å²) in [5, 5.41) is 4.36. The Labute approximate surface area is 238 Å². The Morgan fingerprint density at radius 1 is 0.900 bits per heavy atom. The van der Waals surface area contributed by atoms with Gasteiger partial charge in [0.15, 0.2) is 11.5 Å². The van der Waals surface area contributed by atoms with E-state index in [2.05, 4.69) is 10.5 Å². The van der Waals surface area contributed by atoms with E-state index in [0.29, 0.717) is 35.3 Å². The van der Waals surface area contributed by atoms with Crippen LogP contribution < -0.4 is 19.2 Å². The summed E-state index contributed by atoms with van der Waals surface area (Å²) >= 11 is 6.11. The predicted octanol–water partition coefficient (Wildman–Crippen LogP) is 5.66. The SMILES string of the molecule is CCOc1cc(/C=N/NC(=O)CN(c2cccc(Cl)c2)S(=O)(=O)c2ccccc2)ccc1OCc1ccccc1. The number of carbonyl (C=O) groups is 1. The number of hydrogen-bond donors (Lipinski definition) is 1. The number of rotatable bonds is 12. The standard InChI is InChI=1S/C30H28ClN3O5S/c1-2-38-29-18-24(16-17-28(29)39-22-23-10-5-3-6-11-23)20-32-33-30(35)21-34(26-13-9-12-25(31)19-26)40(36,37)27-14-7-4-8-15-27/h3-20H,2,21-22H2,1H3,(H,33,35)/b32-20+. The molecule has 0 aliphatic carbocycles. The van der Waals surface area contributed by atoms with Crippen molar-refractivity contribution in [1.82, 2.24) is 5.43 Å². The predicted molar refractivity (Wildman–Crippen MR) is 157 cm³/mol. The number of nitrogens with zero attached hydrogens (tertiary/aromatic N) is 2. The second-order valence-corrected chi connectivity index (χ2v) is 10.8. The quantitative estimate of drug-likeness (QED) is 0.173. The maximum atomic E-state index is 13.4. The molecule has 4 rings (SSSR count). The van der Waals surface area contributed by atoms with Gasteiger partial charge in [-0.1, -0.05) is 66.2 Å². The van der Waals surface area contributed by atoms with Crippen LogP contribution in [0.4, 0.5) is 5.69 Å². The van der Waals surface area contributed by atoms with Crippen LogP contribution in [0.1, 0.15) is 18.1 Å². The molecule has 0 atom stereocenters. The number of hydrogen-bond acceptors (Lipinski definition) is 6. The molecule has 4 aromatic carbocycles. The Kier molecular flexibility index (Phi) is 9.77. The van der Waals surface area contributed by atoms with Gasteiger partial charge in [-0.25, -0.2) is 13.8 Å². The highest BCUT2D eigenvalue weighted by molar-refractivity contribution is 7.92. The zero-order chi connectivity index (χ0) is 28.4. The number of halogens is 1. The lowest BCUT2D eigenvalue weighted by Gasteiger charge is -2.23. The molecule has 1 N–H and O–H groups in total. The average molecular weight is 578 g/mol. The van der Waals surface area contributed by atoms with E-state index < -0.39 is 22.5 Å². The molecule has 0 aliphatic heterocycles. The van der Waals surface area contributed by atoms with E-state index in [1.54, 1.807) is 54.6 Å². The van der Waals surface area contributed by atoms with E-state index in [-0.39, 0.29) is 10.6 Å². The van der Waals surface area contributed by atoms with Gasteiger partial charge in [0.2, 0.25) is 0 Å². The van der Waals surface area contributed by atoms with Crippen molar-refractivity contribution in [2.24, 2.45) is 5.10 Å². The maximum absolute atomic E-state index is 13.4. The molecule has 8 nitrogen and oxygen atoms in total. The van der Waals surface area contributed by atoms with Gasteiger partial charge in [-0.3, -0.25) is 9.10 Å². The van der Waals surface area contributed by atoms with Gasteiger partial charge in [-0.15, -0.1) is 0 Å². The zero-order valence-corrected chi connectivity index (χ0v) is 23.3. The fraction of sp³-hybridized carbons (Fsp3) is 0.133. The van der Waals surface area contributed by atoms with Crippen molar-refractivity contribution in [3.63, 3.8) is 0 Å². The normalized spacial score (nSPS) is 11.2. The Morgan fingerprint density at radius 2 is 1.62 bits per heavy atom. The minimum atomic E-state index is -4.05. The van der Waals surface area contributed by atoms with Crippen LogP contribution >= 0.6 is 11.6 Å². The molecule has 0 saturated heterocycles. The molecule has 0 heterocycles. The van der Waals surface area contributed by atoms with Crippen molar-refractivity contribution in [3.8, 4) is 11.5 Å². The number of carbonyl (C=O) groups excluding carboxylic acids is 1. The first kappa shape index (κ1) is 28.7. The first-order valence-corrected chi connectivity index (χ1v) is 14.3. The van der Waals surface area contributed by atoms with E-state index in [4.69, 9.17) is 21.1 Å². The monoisotopic (exact) mass is 577 g/mol. The number of nitrogens with one attached hydrogen (secondary N) is 1. The van der Waals surface area contributed by atoms with E-state index in [9.17, 15) is 13.2 Å². The highest BCUT2D eigenvalue weighted by Gasteiger charge is 2.27. The van der Waals surface area contributed by atoms with E-state index >= 15 is 0 Å². The van der Waals surface area contributed by atoms with Crippen LogP contribution in [-0.2, 0) is 21.4 Å². The molecule has 4 aromatic rings. The van der Waals surface area contributed by atoms with Crippen LogP contribution in [0.25, 0.3) is 0 Å². The maximum Gasteiger partial charge on any atom is 0.264 e. The second-order valence-electron chi connectivity index (χ2n) is 8.51. The van der Waals surface area contributed by atoms with Crippen molar-refractivity contribution in [2.75, 3.05) is 17.5 Å². The van der Waals surface area contributed by atoms with E-state index in [1.807, 2.05) is 37.3 Å². The molecule has 0 bridgehead atoms. The molecule has 0 unspecified atom stereocenters. The summed E-state index contributed by atoms with van der Waals surface area (Å²) in [6, 6.07) is 29.2. The highest BCUT2D eigenvalue weighted by Crippen LogP contribution is 2.29. The number of ether oxygens (including phenoxy) is 2. The molecule has 0 fully saturated rings. The third-order valence-electron chi connectivity index (χ3n) is 5.62. The number of hydrazone groups is 1. The summed E-state index contributed by atoms with van der Waals surface area (Å²) in [5.74, 6) is 0.480. The van der Waals surface area contributed by atoms with Gasteiger partial charge < -0.3 is 9.47 Å². The fourth-order valence-corrected chi connectivity index (χ4v) is 5.36. The van der Waals surface area contributed by atoms with Gasteiger partial charge in [0.1, 0.15) is 13.2 Å². The topological polar surface area (TPSA) is 97.3 Å². The van der Waals surface area contributed by atoms with E-state index in [1.165, 1.54) is 24.4 Å². The van der Waals surface area contributed by atoms with Gasteiger partial charge >= 0.3 is 0 Å². The van der Waals surface area contributed by atoms with Gasteiger partial charge in [0.25, 0.3) is 15.9 Å². The van der Waals surface area contributed by atoms with Crippen molar-refractivity contribution in [2.45, 2.75) is 18.4 Å². The van der Waals surface area contributed by atoms with Gasteiger partial charge in [0.05, 0.1) is 23.4 Å². The van der Waals surface area contributed by atoms with Gasteiger partial charge in [-0.2, -0.15) is 5.10 Å². The van der Waals surface area contributed by atoms with Crippen molar-refractivity contribution >= 4 is 39.4 Å². The molecule has 40 heavy (non-hydrogen) atoms. The number of sulfonamides is 1. The lowest BCUT2D eigenvalue weighted by Crippen LogP contribution is -2.39. The van der Waals surface area contributed by atoms with Crippen LogP contribution in [0.3, 0.4) is 0 Å². The Hall–Kier alpha value is -4.34. The van der Waals surface area contributed by atoms with Crippen LogP contribution in [-0.4, -0.2) is 33.7 Å². The summed E-state index contributed by atoms with van der Waals surface area (Å²) < 4.78 is 39.4. The van der Waals surface area contributed by atoms with Crippen molar-refractivity contribution in [1.29, 1.82) is 0 Å². The van der Waals surface area contributed by atoms with Crippen LogP contribution in [0, 0.1) is 0 Å². The largest absolute Gasteiger partial charge is 0.490 e. The molecule has 0 aromatic heterocycles. The van der Waals surface area contributed by atoms with E-state index in [0.717, 1.165) is 9.87 Å². The summed E-state index contributed by atoms with van der Waals surface area (Å²) in [6.07, 6.45) is 1.44. The molecule has 0 aliphatic rings. The highest BCUT2D eigenvalue weighted by atomic mass is 35.5. The Morgan fingerprint density at radius 3 is 2.33 bits per heavy atom. The molecule has 10 heteroatoms. The van der Waals surface area contributed by atoms with Gasteiger partial charge in [-0.05, 0) is 66.6 Å². The molecule has 206 valence electrons. The third kappa shape index (κ3) is 7.62. The molecule has 1 amide bonds. The smallest absolute Gasteiger partial charge is 0.264 e. The zero-order valence-electron chi connectivity index (χ0n) is 21.7. The van der Waals surface area contributed by atoms with Crippen LogP contribution in [0.15, 0.2) is 113 Å². The van der Waals surface area contributed by atoms with Crippen molar-refractivity contribution in [3.05, 3.63) is 119 Å². The molecular weight excluding hydrogens is 550 g/mol. The van der Waals surface area contributed by atoms with Crippen LogP contribution in [0.5, 0.6) is 11.5 Å². The molecular formula is C30H28ClN3O5S. The number of anilines is 1. The minimum Gasteiger partial charge on any atom is -0.490 e. The third-order valence-corrected chi connectivity index (χ3v) is 7.65. The Balaban J connectivity index is 1.46. The summed E-state index contributed by atoms with van der Waals surface area (Å²) in [5.41, 5.74) is 4.33. The lowest BCUT2D eigenvalue weighted by atomic mass is 10.2. The van der Waals surface area contributed by atoms with Crippen molar-refractivity contribution < 1.29 is 22.7 Å².